The average Bonchev–Trinajstić information content (AvgIpc) is 3.40. The van der Waals surface area contributed by atoms with E-state index >= 15 is 0 Å². The van der Waals surface area contributed by atoms with Crippen LogP contribution in [0.4, 0.5) is 0 Å². The lowest BCUT2D eigenvalue weighted by Crippen LogP contribution is -2.12. The van der Waals surface area contributed by atoms with Crippen LogP contribution in [0.15, 0.2) is 78.1 Å². The summed E-state index contributed by atoms with van der Waals surface area (Å²) in [7, 11) is 0. The van der Waals surface area contributed by atoms with Gasteiger partial charge in [0.2, 0.25) is 0 Å². The van der Waals surface area contributed by atoms with Crippen LogP contribution in [0, 0.1) is 6.92 Å². The van der Waals surface area contributed by atoms with E-state index in [0.29, 0.717) is 34.8 Å². The first-order valence-corrected chi connectivity index (χ1v) is 9.21. The van der Waals surface area contributed by atoms with Gasteiger partial charge in [-0.25, -0.2) is 0 Å². The van der Waals surface area contributed by atoms with Crippen molar-refractivity contribution in [1.29, 1.82) is 0 Å². The molecule has 0 aliphatic rings. The molecule has 6 nitrogen and oxygen atoms in total. The number of aromatic nitrogens is 3. The molecular weight excluding hydrogens is 364 g/mol. The highest BCUT2D eigenvalue weighted by Gasteiger charge is 2.23. The predicted octanol–water partition coefficient (Wildman–Crippen LogP) is 4.36. The van der Waals surface area contributed by atoms with Gasteiger partial charge in [-0.2, -0.15) is 0 Å². The third kappa shape index (κ3) is 3.87. The summed E-state index contributed by atoms with van der Waals surface area (Å²) in [5.74, 6) is 0.339. The standard InChI is InChI=1S/C23H20N4O2/c1-15(25-14-19-10-6-7-11-24-19)20-12-18(13-26-20)23(28)21-16(2)29-27-22(21)17-8-4-3-5-9-17/h3-13,25-26H,1,14H2,2H3. The lowest BCUT2D eigenvalue weighted by Gasteiger charge is -2.07. The highest BCUT2D eigenvalue weighted by Crippen LogP contribution is 2.27. The molecule has 1 aromatic carbocycles. The maximum atomic E-state index is 13.2. The Bertz CT molecular complexity index is 1140. The van der Waals surface area contributed by atoms with Crippen molar-refractivity contribution >= 4 is 11.5 Å². The number of carbonyl (C=O) groups excluding carboxylic acids is 1. The minimum Gasteiger partial charge on any atom is -0.378 e. The van der Waals surface area contributed by atoms with Gasteiger partial charge in [0, 0.05) is 23.5 Å². The van der Waals surface area contributed by atoms with Crippen LogP contribution in [0.5, 0.6) is 0 Å². The van der Waals surface area contributed by atoms with Crippen LogP contribution in [-0.4, -0.2) is 20.9 Å². The monoisotopic (exact) mass is 384 g/mol. The molecule has 4 aromatic rings. The maximum Gasteiger partial charge on any atom is 0.200 e. The number of pyridine rings is 1. The van der Waals surface area contributed by atoms with Gasteiger partial charge in [-0.15, -0.1) is 0 Å². The van der Waals surface area contributed by atoms with Gasteiger partial charge >= 0.3 is 0 Å². The van der Waals surface area contributed by atoms with E-state index in [-0.39, 0.29) is 5.78 Å². The van der Waals surface area contributed by atoms with Crippen molar-refractivity contribution < 1.29 is 9.32 Å². The lowest BCUT2D eigenvalue weighted by atomic mass is 9.99. The third-order valence-electron chi connectivity index (χ3n) is 4.62. The summed E-state index contributed by atoms with van der Waals surface area (Å²) in [6.45, 7) is 6.34. The zero-order chi connectivity index (χ0) is 20.2. The van der Waals surface area contributed by atoms with Gasteiger partial charge < -0.3 is 14.8 Å². The molecule has 0 saturated heterocycles. The van der Waals surface area contributed by atoms with E-state index in [1.54, 1.807) is 25.4 Å². The maximum absolute atomic E-state index is 13.2. The van der Waals surface area contributed by atoms with Crippen molar-refractivity contribution in [2.45, 2.75) is 13.5 Å². The molecule has 0 saturated carbocycles. The molecule has 0 atom stereocenters. The molecule has 0 spiro atoms. The molecule has 4 rings (SSSR count). The summed E-state index contributed by atoms with van der Waals surface area (Å²) in [6.07, 6.45) is 3.42. The molecule has 0 fully saturated rings. The van der Waals surface area contributed by atoms with E-state index < -0.39 is 0 Å². The molecule has 3 heterocycles. The molecule has 0 unspecified atom stereocenters. The van der Waals surface area contributed by atoms with E-state index in [4.69, 9.17) is 4.52 Å². The second kappa shape index (κ2) is 7.98. The van der Waals surface area contributed by atoms with Gasteiger partial charge in [0.15, 0.2) is 5.78 Å². The first-order valence-electron chi connectivity index (χ1n) is 9.21. The number of benzene rings is 1. The normalized spacial score (nSPS) is 10.7. The minimum atomic E-state index is -0.150. The fourth-order valence-corrected chi connectivity index (χ4v) is 3.07. The van der Waals surface area contributed by atoms with E-state index in [2.05, 4.69) is 27.0 Å². The zero-order valence-corrected chi connectivity index (χ0v) is 16.0. The average molecular weight is 384 g/mol. The summed E-state index contributed by atoms with van der Waals surface area (Å²) in [5.41, 5.74) is 4.69. The predicted molar refractivity (Wildman–Crippen MR) is 111 cm³/mol. The Morgan fingerprint density at radius 3 is 2.72 bits per heavy atom. The van der Waals surface area contributed by atoms with E-state index in [9.17, 15) is 4.79 Å². The Kier molecular flexibility index (Phi) is 5.07. The van der Waals surface area contributed by atoms with Crippen molar-refractivity contribution in [3.05, 3.63) is 102 Å². The number of H-pyrrole nitrogens is 1. The molecule has 0 bridgehead atoms. The van der Waals surface area contributed by atoms with Crippen molar-refractivity contribution in [3.8, 4) is 11.3 Å². The van der Waals surface area contributed by atoms with E-state index in [1.807, 2.05) is 48.5 Å². The second-order valence-electron chi connectivity index (χ2n) is 6.61. The van der Waals surface area contributed by atoms with Gasteiger partial charge in [0.05, 0.1) is 29.2 Å². The van der Waals surface area contributed by atoms with Gasteiger partial charge in [-0.1, -0.05) is 48.1 Å². The Hall–Kier alpha value is -3.93. The van der Waals surface area contributed by atoms with Crippen LogP contribution in [0.25, 0.3) is 17.0 Å². The summed E-state index contributed by atoms with van der Waals surface area (Å²) < 4.78 is 5.32. The lowest BCUT2D eigenvalue weighted by molar-refractivity contribution is 0.103. The Morgan fingerprint density at radius 2 is 1.97 bits per heavy atom. The van der Waals surface area contributed by atoms with Crippen LogP contribution < -0.4 is 5.32 Å². The minimum absolute atomic E-state index is 0.150. The number of hydrogen-bond acceptors (Lipinski definition) is 5. The summed E-state index contributed by atoms with van der Waals surface area (Å²) in [5, 5.41) is 7.32. The first kappa shape index (κ1) is 18.4. The number of aromatic amines is 1. The van der Waals surface area contributed by atoms with Crippen molar-refractivity contribution in [2.75, 3.05) is 0 Å². The molecule has 0 aliphatic heterocycles. The number of nitrogens with one attached hydrogen (secondary N) is 2. The van der Waals surface area contributed by atoms with E-state index in [1.165, 1.54) is 0 Å². The molecule has 0 radical (unpaired) electrons. The smallest absolute Gasteiger partial charge is 0.200 e. The largest absolute Gasteiger partial charge is 0.378 e. The number of aryl methyl sites for hydroxylation is 1. The van der Waals surface area contributed by atoms with Gasteiger partial charge in [-0.05, 0) is 25.1 Å². The van der Waals surface area contributed by atoms with Crippen molar-refractivity contribution in [2.24, 2.45) is 0 Å². The zero-order valence-electron chi connectivity index (χ0n) is 16.0. The number of nitrogens with zero attached hydrogens (tertiary/aromatic N) is 2. The van der Waals surface area contributed by atoms with Crippen molar-refractivity contribution in [1.82, 2.24) is 20.4 Å². The quantitative estimate of drug-likeness (QED) is 0.463. The first-order chi connectivity index (χ1) is 14.1. The molecule has 144 valence electrons. The molecule has 0 aliphatic carbocycles. The Morgan fingerprint density at radius 1 is 1.17 bits per heavy atom. The number of rotatable bonds is 7. The van der Waals surface area contributed by atoms with Crippen molar-refractivity contribution in [3.63, 3.8) is 0 Å². The molecular formula is C23H20N4O2. The number of ketones is 1. The molecule has 6 heteroatoms. The summed E-state index contributed by atoms with van der Waals surface area (Å²) in [6, 6.07) is 17.0. The van der Waals surface area contributed by atoms with Gasteiger partial charge in [0.25, 0.3) is 0 Å². The van der Waals surface area contributed by atoms with Crippen LogP contribution in [0.3, 0.4) is 0 Å². The van der Waals surface area contributed by atoms with Crippen LogP contribution in [0.2, 0.25) is 0 Å². The van der Waals surface area contributed by atoms with Crippen LogP contribution >= 0.6 is 0 Å². The Labute approximate surface area is 168 Å². The fraction of sp³-hybridized carbons (Fsp3) is 0.0870. The van der Waals surface area contributed by atoms with E-state index in [0.717, 1.165) is 17.0 Å². The third-order valence-corrected chi connectivity index (χ3v) is 4.62. The summed E-state index contributed by atoms with van der Waals surface area (Å²) in [4.78, 5) is 20.5. The molecule has 29 heavy (non-hydrogen) atoms. The van der Waals surface area contributed by atoms with Gasteiger partial charge in [-0.3, -0.25) is 9.78 Å². The highest BCUT2D eigenvalue weighted by atomic mass is 16.5. The molecule has 0 amide bonds. The van der Waals surface area contributed by atoms with Crippen LogP contribution in [0.1, 0.15) is 33.1 Å². The molecule has 2 N–H and O–H groups in total. The SMILES string of the molecule is C=C(NCc1ccccn1)c1cc(C(=O)c2c(-c3ccccc3)noc2C)c[nH]1. The highest BCUT2D eigenvalue weighted by molar-refractivity contribution is 6.13. The number of hydrogen-bond donors (Lipinski definition) is 2. The summed E-state index contributed by atoms with van der Waals surface area (Å²) >= 11 is 0. The Balaban J connectivity index is 1.54. The second-order valence-corrected chi connectivity index (χ2v) is 6.61. The fourth-order valence-electron chi connectivity index (χ4n) is 3.07. The van der Waals surface area contributed by atoms with Gasteiger partial charge in [0.1, 0.15) is 11.5 Å². The molecule has 3 aromatic heterocycles. The van der Waals surface area contributed by atoms with Crippen LogP contribution in [-0.2, 0) is 6.54 Å². The topological polar surface area (TPSA) is 83.8 Å². The number of carbonyl (C=O) groups is 1.